The van der Waals surface area contributed by atoms with Gasteiger partial charge in [0, 0.05) is 32.2 Å². The second-order valence-corrected chi connectivity index (χ2v) is 6.07. The van der Waals surface area contributed by atoms with Crippen molar-refractivity contribution in [2.24, 2.45) is 5.73 Å². The molecule has 18 heavy (non-hydrogen) atoms. The van der Waals surface area contributed by atoms with Crippen molar-refractivity contribution in [3.05, 3.63) is 0 Å². The molecule has 0 bridgehead atoms. The lowest BCUT2D eigenvalue weighted by molar-refractivity contribution is 0.0143. The van der Waals surface area contributed by atoms with E-state index < -0.39 is 5.60 Å². The van der Waals surface area contributed by atoms with E-state index in [9.17, 15) is 4.79 Å². The molecule has 0 aromatic rings. The Morgan fingerprint density at radius 2 is 1.83 bits per heavy atom. The molecule has 0 aromatic heterocycles. The highest BCUT2D eigenvalue weighted by atomic mass is 16.6. The van der Waals surface area contributed by atoms with Gasteiger partial charge in [0.2, 0.25) is 0 Å². The van der Waals surface area contributed by atoms with Crippen molar-refractivity contribution in [3.63, 3.8) is 0 Å². The second-order valence-electron chi connectivity index (χ2n) is 6.07. The molecule has 1 atom stereocenters. The predicted octanol–water partition coefficient (Wildman–Crippen LogP) is 1.28. The first-order valence-electron chi connectivity index (χ1n) is 6.74. The maximum atomic E-state index is 11.9. The Morgan fingerprint density at radius 3 is 2.28 bits per heavy atom. The SMILES string of the molecule is CC(N)CCN1CCN(C(=O)OC(C)(C)C)CC1. The zero-order chi connectivity index (χ0) is 13.8. The van der Waals surface area contributed by atoms with Crippen LogP contribution in [0.15, 0.2) is 0 Å². The normalized spacial score (nSPS) is 19.7. The third-order valence-corrected chi connectivity index (χ3v) is 2.92. The number of carbonyl (C=O) groups excluding carboxylic acids is 1. The van der Waals surface area contributed by atoms with Crippen molar-refractivity contribution in [2.75, 3.05) is 32.7 Å². The fourth-order valence-corrected chi connectivity index (χ4v) is 1.87. The lowest BCUT2D eigenvalue weighted by Gasteiger charge is -2.35. The van der Waals surface area contributed by atoms with E-state index in [0.717, 1.165) is 39.1 Å². The summed E-state index contributed by atoms with van der Waals surface area (Å²) in [4.78, 5) is 16.0. The quantitative estimate of drug-likeness (QED) is 0.827. The van der Waals surface area contributed by atoms with Crippen molar-refractivity contribution < 1.29 is 9.53 Å². The first-order valence-corrected chi connectivity index (χ1v) is 6.74. The number of hydrogen-bond donors (Lipinski definition) is 1. The Morgan fingerprint density at radius 1 is 1.28 bits per heavy atom. The summed E-state index contributed by atoms with van der Waals surface area (Å²) in [6.07, 6.45) is 0.807. The van der Waals surface area contributed by atoms with Gasteiger partial charge < -0.3 is 15.4 Å². The number of hydrogen-bond acceptors (Lipinski definition) is 4. The third-order valence-electron chi connectivity index (χ3n) is 2.92. The van der Waals surface area contributed by atoms with E-state index >= 15 is 0 Å². The monoisotopic (exact) mass is 257 g/mol. The highest BCUT2D eigenvalue weighted by Gasteiger charge is 2.25. The van der Waals surface area contributed by atoms with Crippen LogP contribution in [-0.4, -0.2) is 60.3 Å². The smallest absolute Gasteiger partial charge is 0.410 e. The second kappa shape index (κ2) is 6.38. The van der Waals surface area contributed by atoms with Gasteiger partial charge in [-0.25, -0.2) is 4.79 Å². The van der Waals surface area contributed by atoms with E-state index in [4.69, 9.17) is 10.5 Å². The highest BCUT2D eigenvalue weighted by Crippen LogP contribution is 2.12. The highest BCUT2D eigenvalue weighted by molar-refractivity contribution is 5.68. The van der Waals surface area contributed by atoms with Crippen LogP contribution in [0.1, 0.15) is 34.1 Å². The number of nitrogens with two attached hydrogens (primary N) is 1. The van der Waals surface area contributed by atoms with Crippen LogP contribution >= 0.6 is 0 Å². The lowest BCUT2D eigenvalue weighted by Crippen LogP contribution is -2.50. The number of piperazine rings is 1. The van der Waals surface area contributed by atoms with Crippen molar-refractivity contribution in [1.29, 1.82) is 0 Å². The van der Waals surface area contributed by atoms with E-state index in [1.807, 2.05) is 27.7 Å². The van der Waals surface area contributed by atoms with Gasteiger partial charge in [-0.3, -0.25) is 4.90 Å². The summed E-state index contributed by atoms with van der Waals surface area (Å²) in [7, 11) is 0. The Hall–Kier alpha value is -0.810. The molecule has 1 heterocycles. The maximum Gasteiger partial charge on any atom is 0.410 e. The van der Waals surface area contributed by atoms with Gasteiger partial charge in [0.05, 0.1) is 0 Å². The summed E-state index contributed by atoms with van der Waals surface area (Å²) >= 11 is 0. The van der Waals surface area contributed by atoms with Gasteiger partial charge in [-0.15, -0.1) is 0 Å². The van der Waals surface area contributed by atoms with Crippen LogP contribution in [-0.2, 0) is 4.74 Å². The largest absolute Gasteiger partial charge is 0.444 e. The molecule has 0 radical (unpaired) electrons. The van der Waals surface area contributed by atoms with E-state index in [0.29, 0.717) is 0 Å². The standard InChI is InChI=1S/C13H27N3O2/c1-11(14)5-6-15-7-9-16(10-8-15)12(17)18-13(2,3)4/h11H,5-10,14H2,1-4H3. The summed E-state index contributed by atoms with van der Waals surface area (Å²) in [6, 6.07) is 0.244. The van der Waals surface area contributed by atoms with Gasteiger partial charge in [-0.2, -0.15) is 0 Å². The predicted molar refractivity (Wildman–Crippen MR) is 72.5 cm³/mol. The average Bonchev–Trinajstić information content (AvgIpc) is 2.24. The lowest BCUT2D eigenvalue weighted by atomic mass is 10.2. The Kier molecular flexibility index (Phi) is 5.41. The van der Waals surface area contributed by atoms with Crippen LogP contribution in [0.3, 0.4) is 0 Å². The van der Waals surface area contributed by atoms with Crippen LogP contribution in [0.5, 0.6) is 0 Å². The molecule has 0 spiro atoms. The van der Waals surface area contributed by atoms with Crippen molar-refractivity contribution in [2.45, 2.75) is 45.8 Å². The zero-order valence-electron chi connectivity index (χ0n) is 12.1. The molecule has 1 rings (SSSR count). The topological polar surface area (TPSA) is 58.8 Å². The fourth-order valence-electron chi connectivity index (χ4n) is 1.87. The molecular formula is C13H27N3O2. The van der Waals surface area contributed by atoms with Gasteiger partial charge in [0.25, 0.3) is 0 Å². The number of amides is 1. The third kappa shape index (κ3) is 5.69. The van der Waals surface area contributed by atoms with Crippen molar-refractivity contribution >= 4 is 6.09 Å². The molecule has 1 saturated heterocycles. The number of rotatable bonds is 3. The first-order chi connectivity index (χ1) is 8.28. The molecule has 106 valence electrons. The van der Waals surface area contributed by atoms with Crippen molar-refractivity contribution in [3.8, 4) is 0 Å². The van der Waals surface area contributed by atoms with E-state index in [-0.39, 0.29) is 12.1 Å². The molecule has 1 aliphatic heterocycles. The molecule has 2 N–H and O–H groups in total. The van der Waals surface area contributed by atoms with Gasteiger partial charge in [-0.05, 0) is 40.7 Å². The first kappa shape index (κ1) is 15.2. The molecule has 1 fully saturated rings. The molecule has 0 aliphatic carbocycles. The summed E-state index contributed by atoms with van der Waals surface area (Å²) in [6.45, 7) is 12.0. The Balaban J connectivity index is 2.28. The maximum absolute atomic E-state index is 11.9. The number of ether oxygens (including phenoxy) is 1. The molecule has 5 nitrogen and oxygen atoms in total. The molecule has 1 amide bonds. The van der Waals surface area contributed by atoms with Gasteiger partial charge >= 0.3 is 6.09 Å². The van der Waals surface area contributed by atoms with Gasteiger partial charge in [0.1, 0.15) is 5.60 Å². The summed E-state index contributed by atoms with van der Waals surface area (Å²) < 4.78 is 5.36. The fraction of sp³-hybridized carbons (Fsp3) is 0.923. The molecule has 0 saturated carbocycles. The van der Waals surface area contributed by atoms with E-state index in [1.165, 1.54) is 0 Å². The van der Waals surface area contributed by atoms with Crippen LogP contribution in [0.25, 0.3) is 0 Å². The van der Waals surface area contributed by atoms with Crippen LogP contribution in [0.4, 0.5) is 4.79 Å². The summed E-state index contributed by atoms with van der Waals surface area (Å²) in [5, 5.41) is 0. The minimum absolute atomic E-state index is 0.200. The zero-order valence-corrected chi connectivity index (χ0v) is 12.1. The molecule has 5 heteroatoms. The molecule has 0 aromatic carbocycles. The van der Waals surface area contributed by atoms with Crippen molar-refractivity contribution in [1.82, 2.24) is 9.80 Å². The van der Waals surface area contributed by atoms with E-state index in [1.54, 1.807) is 4.90 Å². The van der Waals surface area contributed by atoms with E-state index in [2.05, 4.69) is 4.90 Å². The number of carbonyl (C=O) groups is 1. The molecule has 1 unspecified atom stereocenters. The van der Waals surface area contributed by atoms with Crippen LogP contribution in [0, 0.1) is 0 Å². The minimum Gasteiger partial charge on any atom is -0.444 e. The van der Waals surface area contributed by atoms with Gasteiger partial charge in [0.15, 0.2) is 0 Å². The Labute approximate surface area is 110 Å². The van der Waals surface area contributed by atoms with Crippen LogP contribution in [0.2, 0.25) is 0 Å². The summed E-state index contributed by atoms with van der Waals surface area (Å²) in [5.41, 5.74) is 5.33. The molecular weight excluding hydrogens is 230 g/mol. The average molecular weight is 257 g/mol. The van der Waals surface area contributed by atoms with Crippen LogP contribution < -0.4 is 5.73 Å². The Bertz CT molecular complexity index is 266. The summed E-state index contributed by atoms with van der Waals surface area (Å²) in [5.74, 6) is 0. The number of nitrogens with zero attached hydrogens (tertiary/aromatic N) is 2. The molecule has 1 aliphatic rings. The minimum atomic E-state index is -0.413. The van der Waals surface area contributed by atoms with Gasteiger partial charge in [-0.1, -0.05) is 0 Å².